The minimum atomic E-state index is 0.761. The predicted octanol–water partition coefficient (Wildman–Crippen LogP) is 4.56. The molecule has 0 spiro atoms. The lowest BCUT2D eigenvalue weighted by Gasteiger charge is -2.18. The first-order valence-corrected chi connectivity index (χ1v) is 8.63. The number of rotatable bonds is 5. The van der Waals surface area contributed by atoms with Crippen LogP contribution in [0.4, 0.5) is 28.7 Å². The molecule has 0 unspecified atom stereocenters. The summed E-state index contributed by atoms with van der Waals surface area (Å²) < 4.78 is 0. The number of nitrogens with zero attached hydrogens (tertiary/aromatic N) is 3. The Morgan fingerprint density at radius 1 is 0.720 bits per heavy atom. The van der Waals surface area contributed by atoms with Crippen molar-refractivity contribution in [2.45, 2.75) is 12.8 Å². The van der Waals surface area contributed by atoms with Gasteiger partial charge in [-0.25, -0.2) is 9.97 Å². The molecule has 25 heavy (non-hydrogen) atoms. The maximum Gasteiger partial charge on any atom is 0.135 e. The van der Waals surface area contributed by atoms with Gasteiger partial charge in [-0.2, -0.15) is 0 Å². The molecule has 2 aromatic carbocycles. The number of aromatic nitrogens is 2. The maximum absolute atomic E-state index is 4.30. The molecule has 5 nitrogen and oxygen atoms in total. The van der Waals surface area contributed by atoms with E-state index in [1.165, 1.54) is 18.5 Å². The van der Waals surface area contributed by atoms with E-state index in [1.54, 1.807) is 6.33 Å². The first-order chi connectivity index (χ1) is 12.4. The smallest absolute Gasteiger partial charge is 0.135 e. The number of hydrogen-bond acceptors (Lipinski definition) is 5. The third-order valence-electron chi connectivity index (χ3n) is 4.32. The van der Waals surface area contributed by atoms with Crippen LogP contribution >= 0.6 is 0 Å². The van der Waals surface area contributed by atoms with Crippen molar-refractivity contribution in [2.24, 2.45) is 0 Å². The predicted molar refractivity (Wildman–Crippen MR) is 103 cm³/mol. The lowest BCUT2D eigenvalue weighted by Crippen LogP contribution is -2.17. The van der Waals surface area contributed by atoms with Crippen molar-refractivity contribution in [3.05, 3.63) is 67.0 Å². The van der Waals surface area contributed by atoms with Gasteiger partial charge in [-0.15, -0.1) is 0 Å². The third-order valence-corrected chi connectivity index (χ3v) is 4.32. The van der Waals surface area contributed by atoms with E-state index >= 15 is 0 Å². The fraction of sp³-hybridized carbons (Fsp3) is 0.200. The number of anilines is 5. The second kappa shape index (κ2) is 7.21. The molecule has 0 aliphatic carbocycles. The maximum atomic E-state index is 4.30. The summed E-state index contributed by atoms with van der Waals surface area (Å²) in [5.74, 6) is 1.53. The Morgan fingerprint density at radius 2 is 1.32 bits per heavy atom. The Kier molecular flexibility index (Phi) is 4.46. The molecule has 1 fully saturated rings. The highest BCUT2D eigenvalue weighted by molar-refractivity contribution is 5.64. The van der Waals surface area contributed by atoms with Crippen LogP contribution in [0.5, 0.6) is 0 Å². The highest BCUT2D eigenvalue weighted by Crippen LogP contribution is 2.24. The van der Waals surface area contributed by atoms with E-state index in [0.29, 0.717) is 0 Å². The van der Waals surface area contributed by atoms with Crippen molar-refractivity contribution >= 4 is 28.7 Å². The number of nitrogens with one attached hydrogen (secondary N) is 2. The molecule has 2 N–H and O–H groups in total. The molecule has 0 bridgehead atoms. The van der Waals surface area contributed by atoms with Gasteiger partial charge in [0.05, 0.1) is 0 Å². The van der Waals surface area contributed by atoms with Crippen LogP contribution in [0.2, 0.25) is 0 Å². The van der Waals surface area contributed by atoms with Crippen LogP contribution in [-0.4, -0.2) is 23.1 Å². The molecule has 2 heterocycles. The molecule has 4 rings (SSSR count). The molecule has 0 atom stereocenters. The average Bonchev–Trinajstić information content (AvgIpc) is 3.18. The van der Waals surface area contributed by atoms with E-state index < -0.39 is 0 Å². The molecule has 0 saturated carbocycles. The average molecular weight is 331 g/mol. The summed E-state index contributed by atoms with van der Waals surface area (Å²) in [5.41, 5.74) is 3.31. The van der Waals surface area contributed by atoms with Crippen LogP contribution in [0.25, 0.3) is 0 Å². The first-order valence-electron chi connectivity index (χ1n) is 8.63. The minimum absolute atomic E-state index is 0.761. The third kappa shape index (κ3) is 3.88. The zero-order chi connectivity index (χ0) is 16.9. The summed E-state index contributed by atoms with van der Waals surface area (Å²) in [6, 6.07) is 20.4. The van der Waals surface area contributed by atoms with E-state index in [2.05, 4.69) is 49.8 Å². The standard InChI is InChI=1S/C20H21N5/c1-2-6-16(7-3-1)23-19-14-20(22-15-21-19)24-17-8-10-18(11-9-17)25-12-4-5-13-25/h1-3,6-11,14-15H,4-5,12-13H2,(H2,21,22,23,24). The van der Waals surface area contributed by atoms with E-state index in [0.717, 1.165) is 36.1 Å². The molecule has 1 aromatic heterocycles. The Balaban J connectivity index is 1.44. The van der Waals surface area contributed by atoms with Crippen LogP contribution in [0.3, 0.4) is 0 Å². The van der Waals surface area contributed by atoms with Crippen molar-refractivity contribution in [1.29, 1.82) is 0 Å². The Hall–Kier alpha value is -3.08. The quantitative estimate of drug-likeness (QED) is 0.717. The molecule has 5 heteroatoms. The van der Waals surface area contributed by atoms with Crippen LogP contribution in [-0.2, 0) is 0 Å². The van der Waals surface area contributed by atoms with Crippen molar-refractivity contribution in [3.8, 4) is 0 Å². The van der Waals surface area contributed by atoms with E-state index in [1.807, 2.05) is 36.4 Å². The molecular formula is C20H21N5. The van der Waals surface area contributed by atoms with Gasteiger partial charge < -0.3 is 15.5 Å². The van der Waals surface area contributed by atoms with Gasteiger partial charge in [0.15, 0.2) is 0 Å². The van der Waals surface area contributed by atoms with Crippen molar-refractivity contribution < 1.29 is 0 Å². The van der Waals surface area contributed by atoms with Gasteiger partial charge in [0.1, 0.15) is 18.0 Å². The zero-order valence-electron chi connectivity index (χ0n) is 14.0. The molecule has 1 saturated heterocycles. The second-order valence-corrected chi connectivity index (χ2v) is 6.15. The van der Waals surface area contributed by atoms with Gasteiger partial charge in [0, 0.05) is 36.2 Å². The fourth-order valence-electron chi connectivity index (χ4n) is 3.04. The van der Waals surface area contributed by atoms with Crippen molar-refractivity contribution in [3.63, 3.8) is 0 Å². The van der Waals surface area contributed by atoms with E-state index in [-0.39, 0.29) is 0 Å². The Morgan fingerprint density at radius 3 is 1.96 bits per heavy atom. The van der Waals surface area contributed by atoms with Gasteiger partial charge >= 0.3 is 0 Å². The van der Waals surface area contributed by atoms with Gasteiger partial charge in [-0.1, -0.05) is 18.2 Å². The Labute approximate surface area is 147 Å². The Bertz CT molecular complexity index is 811. The molecule has 3 aromatic rings. The lowest BCUT2D eigenvalue weighted by atomic mass is 10.2. The molecular weight excluding hydrogens is 310 g/mol. The monoisotopic (exact) mass is 331 g/mol. The van der Waals surface area contributed by atoms with Gasteiger partial charge in [-0.3, -0.25) is 0 Å². The summed E-state index contributed by atoms with van der Waals surface area (Å²) in [7, 11) is 0. The highest BCUT2D eigenvalue weighted by Gasteiger charge is 2.11. The van der Waals surface area contributed by atoms with Crippen molar-refractivity contribution in [1.82, 2.24) is 9.97 Å². The second-order valence-electron chi connectivity index (χ2n) is 6.15. The largest absolute Gasteiger partial charge is 0.372 e. The summed E-state index contributed by atoms with van der Waals surface area (Å²) in [6.45, 7) is 2.32. The fourth-order valence-corrected chi connectivity index (χ4v) is 3.04. The molecule has 0 radical (unpaired) electrons. The number of hydrogen-bond donors (Lipinski definition) is 2. The van der Waals surface area contributed by atoms with Crippen molar-refractivity contribution in [2.75, 3.05) is 28.6 Å². The zero-order valence-corrected chi connectivity index (χ0v) is 14.0. The van der Waals surface area contributed by atoms with E-state index in [4.69, 9.17) is 0 Å². The normalized spacial score (nSPS) is 13.7. The molecule has 1 aliphatic rings. The van der Waals surface area contributed by atoms with Gasteiger partial charge in [0.2, 0.25) is 0 Å². The van der Waals surface area contributed by atoms with Crippen LogP contribution in [0.1, 0.15) is 12.8 Å². The van der Waals surface area contributed by atoms with Gasteiger partial charge in [-0.05, 0) is 49.2 Å². The van der Waals surface area contributed by atoms with Gasteiger partial charge in [0.25, 0.3) is 0 Å². The molecule has 126 valence electrons. The lowest BCUT2D eigenvalue weighted by molar-refractivity contribution is 0.949. The first kappa shape index (κ1) is 15.4. The topological polar surface area (TPSA) is 53.1 Å². The molecule has 1 aliphatic heterocycles. The highest BCUT2D eigenvalue weighted by atomic mass is 15.1. The number of benzene rings is 2. The minimum Gasteiger partial charge on any atom is -0.372 e. The summed E-state index contributed by atoms with van der Waals surface area (Å²) in [5, 5.41) is 6.62. The van der Waals surface area contributed by atoms with E-state index in [9.17, 15) is 0 Å². The number of para-hydroxylation sites is 1. The summed E-state index contributed by atoms with van der Waals surface area (Å²) in [4.78, 5) is 11.0. The van der Waals surface area contributed by atoms with Crippen LogP contribution < -0.4 is 15.5 Å². The van der Waals surface area contributed by atoms with Crippen LogP contribution in [0, 0.1) is 0 Å². The molecule has 0 amide bonds. The van der Waals surface area contributed by atoms with Crippen LogP contribution in [0.15, 0.2) is 67.0 Å². The summed E-state index contributed by atoms with van der Waals surface area (Å²) >= 11 is 0. The summed E-state index contributed by atoms with van der Waals surface area (Å²) in [6.07, 6.45) is 4.14. The SMILES string of the molecule is c1ccc(Nc2cc(Nc3ccc(N4CCCC4)cc3)ncn2)cc1.